The van der Waals surface area contributed by atoms with Crippen LogP contribution in [0.2, 0.25) is 0 Å². The highest BCUT2D eigenvalue weighted by Crippen LogP contribution is 2.31. The van der Waals surface area contributed by atoms with Gasteiger partial charge in [0.2, 0.25) is 5.43 Å². The quantitative estimate of drug-likeness (QED) is 0.355. The highest BCUT2D eigenvalue weighted by Gasteiger charge is 2.34. The van der Waals surface area contributed by atoms with Crippen molar-refractivity contribution in [3.63, 3.8) is 0 Å². The maximum absolute atomic E-state index is 14.2. The predicted molar refractivity (Wildman–Crippen MR) is 133 cm³/mol. The molecule has 1 aliphatic rings. The molecule has 1 N–H and O–H groups in total. The predicted octanol–water partition coefficient (Wildman–Crippen LogP) is 4.30. The zero-order valence-corrected chi connectivity index (χ0v) is 18.9. The summed E-state index contributed by atoms with van der Waals surface area (Å²) in [5.74, 6) is -0.777. The van der Waals surface area contributed by atoms with Crippen LogP contribution in [-0.4, -0.2) is 29.5 Å². The van der Waals surface area contributed by atoms with Gasteiger partial charge >= 0.3 is 0 Å². The fraction of sp³-hybridized carbons (Fsp3) is 0.111. The van der Waals surface area contributed by atoms with Gasteiger partial charge in [-0.05, 0) is 31.2 Å². The average Bonchev–Trinajstić information content (AvgIpc) is 3.13. The first-order valence-electron chi connectivity index (χ1n) is 10.9. The number of carbonyl (C=O) groups excluding carboxylic acids is 1. The molecule has 0 saturated heterocycles. The lowest BCUT2D eigenvalue weighted by atomic mass is 10.1. The highest BCUT2D eigenvalue weighted by atomic mass is 19.1. The van der Waals surface area contributed by atoms with Gasteiger partial charge in [-0.3, -0.25) is 9.59 Å². The largest absolute Gasteiger partial charge is 0.463 e. The van der Waals surface area contributed by atoms with E-state index in [1.807, 2.05) is 0 Å². The number of para-hydroxylation sites is 2. The summed E-state index contributed by atoms with van der Waals surface area (Å²) in [6.45, 7) is 2.00. The van der Waals surface area contributed by atoms with E-state index in [1.54, 1.807) is 73.7 Å². The van der Waals surface area contributed by atoms with Crippen molar-refractivity contribution in [2.45, 2.75) is 13.5 Å². The molecule has 0 unspecified atom stereocenters. The molecule has 1 amide bonds. The molecule has 0 spiro atoms. The van der Waals surface area contributed by atoms with Gasteiger partial charge in [0, 0.05) is 17.7 Å². The molecule has 7 nitrogen and oxygen atoms in total. The maximum atomic E-state index is 14.2. The maximum Gasteiger partial charge on any atom is 0.279 e. The molecule has 0 radical (unpaired) electrons. The molecule has 0 fully saturated rings. The summed E-state index contributed by atoms with van der Waals surface area (Å²) in [6, 6.07) is 20.3. The monoisotopic (exact) mass is 471 g/mol. The molecule has 176 valence electrons. The van der Waals surface area contributed by atoms with Crippen molar-refractivity contribution in [3.8, 4) is 0 Å². The van der Waals surface area contributed by atoms with Gasteiger partial charge in [-0.2, -0.15) is 5.10 Å². The number of aliphatic hydroxyl groups excluding tert-OH is 1. The van der Waals surface area contributed by atoms with Crippen molar-refractivity contribution < 1.29 is 18.7 Å². The highest BCUT2D eigenvalue weighted by molar-refractivity contribution is 6.54. The number of fused-ring (bicyclic) bond motifs is 2. The van der Waals surface area contributed by atoms with Crippen LogP contribution in [0.25, 0.3) is 11.0 Å². The molecular weight excluding hydrogens is 449 g/mol. The normalized spacial score (nSPS) is 13.9. The van der Waals surface area contributed by atoms with Crippen LogP contribution in [-0.2, 0) is 11.3 Å². The third-order valence-electron chi connectivity index (χ3n) is 5.25. The number of amides is 1. The Hall–Kier alpha value is -4.43. The van der Waals surface area contributed by atoms with E-state index in [0.717, 1.165) is 0 Å². The molecule has 0 atom stereocenters. The van der Waals surface area contributed by atoms with Crippen LogP contribution < -0.4 is 10.3 Å². The van der Waals surface area contributed by atoms with Crippen LogP contribution in [0.5, 0.6) is 0 Å². The fourth-order valence-electron chi connectivity index (χ4n) is 3.64. The molecule has 4 aromatic rings. The van der Waals surface area contributed by atoms with E-state index < -0.39 is 5.91 Å². The number of nitrogens with zero attached hydrogens (tertiary/aromatic N) is 3. The molecule has 0 aliphatic carbocycles. The van der Waals surface area contributed by atoms with E-state index in [9.17, 15) is 14.0 Å². The number of anilines is 1. The van der Waals surface area contributed by atoms with E-state index in [0.29, 0.717) is 27.8 Å². The first-order chi connectivity index (χ1) is 17.0. The second kappa shape index (κ2) is 10.7. The summed E-state index contributed by atoms with van der Waals surface area (Å²) < 4.78 is 19.6. The van der Waals surface area contributed by atoms with Crippen LogP contribution in [0.15, 0.2) is 98.5 Å². The van der Waals surface area contributed by atoms with Gasteiger partial charge in [0.1, 0.15) is 17.7 Å². The molecule has 1 aliphatic heterocycles. The van der Waals surface area contributed by atoms with Crippen molar-refractivity contribution in [1.29, 1.82) is 0 Å². The van der Waals surface area contributed by atoms with Crippen LogP contribution >= 0.6 is 0 Å². The second-order valence-corrected chi connectivity index (χ2v) is 7.53. The fourth-order valence-corrected chi connectivity index (χ4v) is 3.64. The van der Waals surface area contributed by atoms with E-state index in [2.05, 4.69) is 10.2 Å². The zero-order chi connectivity index (χ0) is 24.8. The SMILES string of the molecule is CCO.O=C1/C(=N\N=C\c2coc3ccccc3c2=O)c2ccccc2N1Cc1ccccc1F. The Balaban J connectivity index is 0.000000917. The van der Waals surface area contributed by atoms with Gasteiger partial charge in [-0.15, -0.1) is 5.10 Å². The average molecular weight is 471 g/mol. The van der Waals surface area contributed by atoms with Crippen LogP contribution in [0.4, 0.5) is 10.1 Å². The summed E-state index contributed by atoms with van der Waals surface area (Å²) in [4.78, 5) is 27.1. The Morgan fingerprint density at radius 1 is 1.00 bits per heavy atom. The van der Waals surface area contributed by atoms with Gasteiger partial charge < -0.3 is 14.4 Å². The minimum absolute atomic E-state index is 0.0690. The molecule has 2 heterocycles. The van der Waals surface area contributed by atoms with E-state index in [4.69, 9.17) is 9.52 Å². The molecule has 35 heavy (non-hydrogen) atoms. The number of aliphatic hydroxyl groups is 1. The number of hydrogen-bond acceptors (Lipinski definition) is 6. The van der Waals surface area contributed by atoms with Crippen molar-refractivity contribution in [1.82, 2.24) is 0 Å². The first-order valence-corrected chi connectivity index (χ1v) is 10.9. The molecule has 8 heteroatoms. The zero-order valence-electron chi connectivity index (χ0n) is 18.9. The second-order valence-electron chi connectivity index (χ2n) is 7.53. The Morgan fingerprint density at radius 2 is 1.69 bits per heavy atom. The Morgan fingerprint density at radius 3 is 2.49 bits per heavy atom. The molecule has 0 bridgehead atoms. The molecule has 1 aromatic heterocycles. The minimum Gasteiger partial charge on any atom is -0.463 e. The van der Waals surface area contributed by atoms with Crippen LogP contribution in [0.3, 0.4) is 0 Å². The number of rotatable bonds is 4. The number of hydrogen-bond donors (Lipinski definition) is 1. The lowest BCUT2D eigenvalue weighted by molar-refractivity contribution is -0.112. The van der Waals surface area contributed by atoms with Crippen molar-refractivity contribution in [3.05, 3.63) is 112 Å². The van der Waals surface area contributed by atoms with Crippen molar-refractivity contribution in [2.24, 2.45) is 10.2 Å². The van der Waals surface area contributed by atoms with Crippen LogP contribution in [0, 0.1) is 5.82 Å². The summed E-state index contributed by atoms with van der Waals surface area (Å²) in [5.41, 5.74) is 2.19. The minimum atomic E-state index is -0.392. The Labute approximate surface area is 200 Å². The van der Waals surface area contributed by atoms with Crippen LogP contribution in [0.1, 0.15) is 23.6 Å². The van der Waals surface area contributed by atoms with Gasteiger partial charge in [0.15, 0.2) is 5.71 Å². The topological polar surface area (TPSA) is 95.5 Å². The molecule has 5 rings (SSSR count). The summed E-state index contributed by atoms with van der Waals surface area (Å²) >= 11 is 0. The first kappa shape index (κ1) is 23.7. The Kier molecular flexibility index (Phi) is 7.23. The third kappa shape index (κ3) is 4.92. The lowest BCUT2D eigenvalue weighted by Crippen LogP contribution is -2.29. The standard InChI is InChI=1S/C25H16FN3O3.C2H6O/c26-20-10-4-1-7-16(20)14-29-21-11-5-2-8-18(21)23(25(29)31)28-27-13-17-15-32-22-12-6-3-9-19(22)24(17)30;1-2-3/h1-13,15H,14H2;3H,2H2,1H3/b27-13+,28-23-;. The number of halogens is 1. The summed E-state index contributed by atoms with van der Waals surface area (Å²) in [6.07, 6.45) is 2.57. The summed E-state index contributed by atoms with van der Waals surface area (Å²) in [7, 11) is 0. The third-order valence-corrected chi connectivity index (χ3v) is 5.25. The summed E-state index contributed by atoms with van der Waals surface area (Å²) in [5, 5.41) is 16.1. The van der Waals surface area contributed by atoms with E-state index >= 15 is 0 Å². The van der Waals surface area contributed by atoms with Gasteiger partial charge in [-0.1, -0.05) is 48.5 Å². The van der Waals surface area contributed by atoms with Crippen molar-refractivity contribution >= 4 is 34.5 Å². The van der Waals surface area contributed by atoms with Gasteiger partial charge in [0.25, 0.3) is 5.91 Å². The smallest absolute Gasteiger partial charge is 0.279 e. The molecule has 3 aromatic carbocycles. The van der Waals surface area contributed by atoms with Crippen molar-refractivity contribution in [2.75, 3.05) is 11.5 Å². The number of benzene rings is 3. The molecule has 0 saturated carbocycles. The van der Waals surface area contributed by atoms with Gasteiger partial charge in [0.05, 0.1) is 29.4 Å². The van der Waals surface area contributed by atoms with E-state index in [-0.39, 0.29) is 35.7 Å². The van der Waals surface area contributed by atoms with E-state index in [1.165, 1.54) is 23.4 Å². The lowest BCUT2D eigenvalue weighted by Gasteiger charge is -2.17. The molecular formula is C27H22FN3O4. The van der Waals surface area contributed by atoms with Gasteiger partial charge in [-0.25, -0.2) is 4.39 Å². The Bertz CT molecular complexity index is 1490. The number of carbonyl (C=O) groups is 1.